The van der Waals surface area contributed by atoms with Gasteiger partial charge in [0.25, 0.3) is 15.9 Å². The van der Waals surface area contributed by atoms with Crippen LogP contribution in [-0.2, 0) is 21.4 Å². The zero-order valence-corrected chi connectivity index (χ0v) is 22.1. The average molecular weight is 567 g/mol. The molecule has 1 amide bonds. The normalized spacial score (nSPS) is 13.5. The molecule has 0 fully saturated rings. The number of hydrogen-bond acceptors (Lipinski definition) is 4. The maximum Gasteiger partial charge on any atom is 0.282 e. The van der Waals surface area contributed by atoms with Crippen molar-refractivity contribution in [1.29, 1.82) is 0 Å². The van der Waals surface area contributed by atoms with Gasteiger partial charge in [0.1, 0.15) is 17.3 Å². The molecule has 1 aliphatic rings. The van der Waals surface area contributed by atoms with Crippen LogP contribution in [0.25, 0.3) is 16.5 Å². The monoisotopic (exact) mass is 566 g/mol. The number of aromatic nitrogens is 1. The predicted molar refractivity (Wildman–Crippen MR) is 145 cm³/mol. The number of allylic oxidation sites excluding steroid dienone is 4. The minimum atomic E-state index is -4.33. The van der Waals surface area contributed by atoms with Gasteiger partial charge in [-0.1, -0.05) is 47.5 Å². The first-order valence-corrected chi connectivity index (χ1v) is 13.7. The molecule has 4 aromatic rings. The first kappa shape index (κ1) is 26.5. The Balaban J connectivity index is 1.76. The van der Waals surface area contributed by atoms with Gasteiger partial charge in [-0.15, -0.1) is 0 Å². The molecule has 0 bridgehead atoms. The molecule has 10 heteroatoms. The van der Waals surface area contributed by atoms with Gasteiger partial charge in [0, 0.05) is 39.0 Å². The summed E-state index contributed by atoms with van der Waals surface area (Å²) in [6.45, 7) is 1.46. The van der Waals surface area contributed by atoms with Crippen LogP contribution >= 0.6 is 11.6 Å². The van der Waals surface area contributed by atoms with E-state index in [0.717, 1.165) is 23.8 Å². The molecule has 1 N–H and O–H groups in total. The lowest BCUT2D eigenvalue weighted by atomic mass is 9.93. The number of amides is 1. The Hall–Kier alpha value is -4.08. The molecule has 6 nitrogen and oxygen atoms in total. The highest BCUT2D eigenvalue weighted by atomic mass is 35.5. The van der Waals surface area contributed by atoms with E-state index < -0.39 is 27.6 Å². The molecule has 0 saturated heterocycles. The molecule has 39 heavy (non-hydrogen) atoms. The van der Waals surface area contributed by atoms with Crippen molar-refractivity contribution in [1.82, 2.24) is 9.29 Å². The number of fused-ring (bicyclic) bond motifs is 1. The molecule has 1 heterocycles. The van der Waals surface area contributed by atoms with Crippen LogP contribution in [-0.4, -0.2) is 24.7 Å². The van der Waals surface area contributed by atoms with E-state index in [9.17, 15) is 26.8 Å². The molecule has 0 unspecified atom stereocenters. The molecule has 1 aromatic heterocycles. The van der Waals surface area contributed by atoms with Crippen molar-refractivity contribution in [3.05, 3.63) is 118 Å². The number of halogens is 3. The Morgan fingerprint density at radius 3 is 2.51 bits per heavy atom. The number of benzene rings is 3. The summed E-state index contributed by atoms with van der Waals surface area (Å²) in [5.41, 5.74) is 1.23. The summed E-state index contributed by atoms with van der Waals surface area (Å²) >= 11 is 6.28. The Kier molecular flexibility index (Phi) is 6.96. The number of aryl methyl sites for hydroxylation is 1. The fourth-order valence-electron chi connectivity index (χ4n) is 4.55. The van der Waals surface area contributed by atoms with Gasteiger partial charge < -0.3 is 4.57 Å². The van der Waals surface area contributed by atoms with Crippen LogP contribution < -0.4 is 4.72 Å². The van der Waals surface area contributed by atoms with E-state index in [1.54, 1.807) is 49.4 Å². The number of rotatable bonds is 6. The fourth-order valence-corrected chi connectivity index (χ4v) is 5.67. The molecule has 198 valence electrons. The first-order valence-electron chi connectivity index (χ1n) is 11.8. The number of Topliss-reactive ketones (excluding diaryl/α,β-unsaturated/α-hetero) is 1. The van der Waals surface area contributed by atoms with Crippen LogP contribution in [0.3, 0.4) is 0 Å². The molecule has 0 radical (unpaired) electrons. The Labute approximate surface area is 228 Å². The van der Waals surface area contributed by atoms with E-state index in [1.807, 2.05) is 0 Å². The number of nitrogens with one attached hydrogen (secondary N) is 1. The highest BCUT2D eigenvalue weighted by Gasteiger charge is 2.31. The predicted octanol–water partition coefficient (Wildman–Crippen LogP) is 5.96. The number of sulfonamides is 1. The van der Waals surface area contributed by atoms with Crippen molar-refractivity contribution in [2.75, 3.05) is 0 Å². The van der Waals surface area contributed by atoms with E-state index in [-0.39, 0.29) is 46.0 Å². The van der Waals surface area contributed by atoms with Gasteiger partial charge in [-0.2, -0.15) is 0 Å². The highest BCUT2D eigenvalue weighted by molar-refractivity contribution is 7.90. The minimum Gasteiger partial charge on any atom is -0.331 e. The first-order chi connectivity index (χ1) is 18.5. The standard InChI is InChI=1S/C29H21ClF2N2O4S/c1-17-6-10-21(11-7-17)39(37,38)33-29(36)28-27(22-4-2-3-5-26(22)35)23-15-19(30)8-13-25(23)34(28)16-18-14-20(31)9-12-24(18)32/h2-4,6-15H,5,16H2,1H3,(H,33,36). The van der Waals surface area contributed by atoms with Crippen LogP contribution in [0.2, 0.25) is 5.02 Å². The van der Waals surface area contributed by atoms with E-state index in [0.29, 0.717) is 15.9 Å². The number of carbonyl (C=O) groups is 2. The number of nitrogens with zero attached hydrogens (tertiary/aromatic N) is 1. The molecule has 5 rings (SSSR count). The Bertz CT molecular complexity index is 1820. The summed E-state index contributed by atoms with van der Waals surface area (Å²) in [6.07, 6.45) is 4.91. The van der Waals surface area contributed by atoms with Crippen LogP contribution in [0.1, 0.15) is 33.6 Å². The Morgan fingerprint density at radius 1 is 1.05 bits per heavy atom. The van der Waals surface area contributed by atoms with Crippen molar-refractivity contribution in [2.45, 2.75) is 24.8 Å². The fraction of sp³-hybridized carbons (Fsp3) is 0.103. The van der Waals surface area contributed by atoms with Crippen molar-refractivity contribution in [3.8, 4) is 0 Å². The van der Waals surface area contributed by atoms with Gasteiger partial charge in [0.05, 0.1) is 11.4 Å². The minimum absolute atomic E-state index is 0.0698. The largest absolute Gasteiger partial charge is 0.331 e. The van der Waals surface area contributed by atoms with Gasteiger partial charge >= 0.3 is 0 Å². The van der Waals surface area contributed by atoms with Crippen molar-refractivity contribution >= 4 is 49.8 Å². The Morgan fingerprint density at radius 2 is 1.79 bits per heavy atom. The molecule has 3 aromatic carbocycles. The van der Waals surface area contributed by atoms with E-state index >= 15 is 0 Å². The van der Waals surface area contributed by atoms with Crippen LogP contribution in [0.15, 0.2) is 83.8 Å². The summed E-state index contributed by atoms with van der Waals surface area (Å²) in [7, 11) is -4.33. The van der Waals surface area contributed by atoms with Gasteiger partial charge in [0.15, 0.2) is 5.78 Å². The highest BCUT2D eigenvalue weighted by Crippen LogP contribution is 2.36. The van der Waals surface area contributed by atoms with Crippen molar-refractivity contribution in [2.24, 2.45) is 0 Å². The van der Waals surface area contributed by atoms with Crippen molar-refractivity contribution < 1.29 is 26.8 Å². The van der Waals surface area contributed by atoms with Gasteiger partial charge in [-0.3, -0.25) is 9.59 Å². The quantitative estimate of drug-likeness (QED) is 0.312. The maximum atomic E-state index is 14.7. The molecule has 0 atom stereocenters. The second kappa shape index (κ2) is 10.2. The lowest BCUT2D eigenvalue weighted by Crippen LogP contribution is -2.33. The molecule has 0 aliphatic heterocycles. The van der Waals surface area contributed by atoms with Crippen molar-refractivity contribution in [3.63, 3.8) is 0 Å². The smallest absolute Gasteiger partial charge is 0.282 e. The molecular formula is C29H21ClF2N2O4S. The van der Waals surface area contributed by atoms with E-state index in [2.05, 4.69) is 4.72 Å². The summed E-state index contributed by atoms with van der Waals surface area (Å²) in [5.74, 6) is -2.75. The zero-order valence-electron chi connectivity index (χ0n) is 20.5. The summed E-state index contributed by atoms with van der Waals surface area (Å²) < 4.78 is 58.5. The average Bonchev–Trinajstić information content (AvgIpc) is 3.19. The van der Waals surface area contributed by atoms with Gasteiger partial charge in [-0.05, 0) is 55.5 Å². The number of ketones is 1. The molecule has 0 saturated carbocycles. The summed E-state index contributed by atoms with van der Waals surface area (Å²) in [6, 6.07) is 13.5. The zero-order chi connectivity index (χ0) is 27.9. The van der Waals surface area contributed by atoms with Crippen LogP contribution in [0, 0.1) is 18.6 Å². The van der Waals surface area contributed by atoms with Crippen LogP contribution in [0.4, 0.5) is 8.78 Å². The number of carbonyl (C=O) groups excluding carboxylic acids is 2. The lowest BCUT2D eigenvalue weighted by Gasteiger charge is -2.15. The second-order valence-corrected chi connectivity index (χ2v) is 11.2. The third kappa shape index (κ3) is 5.15. The summed E-state index contributed by atoms with van der Waals surface area (Å²) in [5, 5.41) is 0.684. The molecule has 1 aliphatic carbocycles. The van der Waals surface area contributed by atoms with Crippen LogP contribution in [0.5, 0.6) is 0 Å². The van der Waals surface area contributed by atoms with E-state index in [4.69, 9.17) is 11.6 Å². The van der Waals surface area contributed by atoms with Gasteiger partial charge in [0.2, 0.25) is 0 Å². The third-order valence-electron chi connectivity index (χ3n) is 6.41. The molecule has 0 spiro atoms. The van der Waals surface area contributed by atoms with E-state index in [1.165, 1.54) is 22.8 Å². The maximum absolute atomic E-state index is 14.7. The molecular weight excluding hydrogens is 546 g/mol. The third-order valence-corrected chi connectivity index (χ3v) is 7.99. The SMILES string of the molecule is Cc1ccc(S(=O)(=O)NC(=O)c2c(C3=CC=CCC3=O)c3cc(Cl)ccc3n2Cc2cc(F)ccc2F)cc1. The second-order valence-electron chi connectivity index (χ2n) is 9.09. The topological polar surface area (TPSA) is 85.2 Å². The van der Waals surface area contributed by atoms with Gasteiger partial charge in [-0.25, -0.2) is 21.9 Å². The summed E-state index contributed by atoms with van der Waals surface area (Å²) in [4.78, 5) is 26.7. The lowest BCUT2D eigenvalue weighted by molar-refractivity contribution is -0.113. The number of hydrogen-bond donors (Lipinski definition) is 1.